The van der Waals surface area contributed by atoms with Gasteiger partial charge in [-0.3, -0.25) is 15.2 Å². The first-order valence-electron chi connectivity index (χ1n) is 8.80. The number of rotatable bonds is 4. The summed E-state index contributed by atoms with van der Waals surface area (Å²) in [5.74, 6) is 0.603. The average molecular weight is 383 g/mol. The van der Waals surface area contributed by atoms with Crippen LogP contribution in [0.4, 0.5) is 17.1 Å². The molecule has 0 bridgehead atoms. The molecule has 2 aromatic heterocycles. The van der Waals surface area contributed by atoms with E-state index in [9.17, 15) is 10.1 Å². The molecule has 0 aliphatic carbocycles. The first kappa shape index (κ1) is 16.8. The highest BCUT2D eigenvalue weighted by Gasteiger charge is 2.14. The number of nitro groups is 1. The van der Waals surface area contributed by atoms with Crippen molar-refractivity contribution in [1.29, 1.82) is 0 Å². The van der Waals surface area contributed by atoms with Gasteiger partial charge in [-0.05, 0) is 35.0 Å². The van der Waals surface area contributed by atoms with E-state index in [4.69, 9.17) is 4.42 Å². The highest BCUT2D eigenvalue weighted by atomic mass is 16.6. The fourth-order valence-electron chi connectivity index (χ4n) is 3.21. The van der Waals surface area contributed by atoms with Gasteiger partial charge in [-0.1, -0.05) is 30.3 Å². The number of non-ortho nitro benzene ring substituents is 1. The van der Waals surface area contributed by atoms with Crippen molar-refractivity contribution in [2.45, 2.75) is 0 Å². The maximum Gasteiger partial charge on any atom is 0.269 e. The van der Waals surface area contributed by atoms with Crippen LogP contribution in [-0.2, 0) is 0 Å². The molecule has 0 saturated carbocycles. The lowest BCUT2D eigenvalue weighted by molar-refractivity contribution is -0.384. The van der Waals surface area contributed by atoms with Gasteiger partial charge < -0.3 is 4.42 Å². The maximum absolute atomic E-state index is 10.7. The molecule has 0 atom stereocenters. The summed E-state index contributed by atoms with van der Waals surface area (Å²) in [4.78, 5) is 10.3. The van der Waals surface area contributed by atoms with Crippen molar-refractivity contribution >= 4 is 38.8 Å². The third-order valence-electron chi connectivity index (χ3n) is 4.63. The fourth-order valence-corrected chi connectivity index (χ4v) is 3.21. The van der Waals surface area contributed by atoms with E-state index in [2.05, 4.69) is 32.6 Å². The van der Waals surface area contributed by atoms with Crippen LogP contribution < -0.4 is 0 Å². The van der Waals surface area contributed by atoms with Crippen molar-refractivity contribution in [2.75, 3.05) is 0 Å². The largest absolute Gasteiger partial charge is 0.454 e. The highest BCUT2D eigenvalue weighted by Crippen LogP contribution is 2.36. The number of aromatic nitrogens is 2. The van der Waals surface area contributed by atoms with E-state index in [1.165, 1.54) is 24.3 Å². The van der Waals surface area contributed by atoms with Gasteiger partial charge in [-0.25, -0.2) is 0 Å². The highest BCUT2D eigenvalue weighted by molar-refractivity contribution is 6.07. The van der Waals surface area contributed by atoms with E-state index in [1.54, 1.807) is 6.20 Å². The lowest BCUT2D eigenvalue weighted by Crippen LogP contribution is -1.85. The Morgan fingerprint density at radius 3 is 2.62 bits per heavy atom. The molecule has 1 N–H and O–H groups in total. The normalized spacial score (nSPS) is 11.6. The SMILES string of the molecule is O=[N+]([O-])c1ccc(N=Nc2cn[nH]c2-c2cc3c(ccc4ccccc43)o2)cc1. The van der Waals surface area contributed by atoms with Gasteiger partial charge in [0.2, 0.25) is 0 Å². The van der Waals surface area contributed by atoms with Crippen LogP contribution in [0.3, 0.4) is 0 Å². The molecule has 0 aliphatic rings. The smallest absolute Gasteiger partial charge is 0.269 e. The number of aromatic amines is 1. The van der Waals surface area contributed by atoms with Gasteiger partial charge in [0.15, 0.2) is 5.76 Å². The monoisotopic (exact) mass is 383 g/mol. The minimum absolute atomic E-state index is 0.00227. The number of hydrogen-bond donors (Lipinski definition) is 1. The molecule has 3 aromatic carbocycles. The lowest BCUT2D eigenvalue weighted by Gasteiger charge is -1.96. The van der Waals surface area contributed by atoms with Crippen molar-refractivity contribution in [1.82, 2.24) is 10.2 Å². The summed E-state index contributed by atoms with van der Waals surface area (Å²) in [5.41, 5.74) is 2.38. The summed E-state index contributed by atoms with van der Waals surface area (Å²) in [6.07, 6.45) is 1.55. The molecule has 0 amide bonds. The summed E-state index contributed by atoms with van der Waals surface area (Å²) >= 11 is 0. The predicted octanol–water partition coefficient (Wildman–Crippen LogP) is 6.30. The second kappa shape index (κ2) is 6.68. The first-order chi connectivity index (χ1) is 14.2. The maximum atomic E-state index is 10.7. The fraction of sp³-hybridized carbons (Fsp3) is 0. The Bertz CT molecular complexity index is 1380. The van der Waals surface area contributed by atoms with E-state index in [1.807, 2.05) is 30.3 Å². The Labute approximate surface area is 163 Å². The van der Waals surface area contributed by atoms with E-state index in [0.717, 1.165) is 21.7 Å². The molecular formula is C21H13N5O3. The van der Waals surface area contributed by atoms with Gasteiger partial charge in [0.05, 0.1) is 16.8 Å². The zero-order valence-corrected chi connectivity index (χ0v) is 14.9. The van der Waals surface area contributed by atoms with Crippen molar-refractivity contribution in [3.63, 3.8) is 0 Å². The molecule has 0 fully saturated rings. The quantitative estimate of drug-likeness (QED) is 0.223. The van der Waals surface area contributed by atoms with Crippen molar-refractivity contribution in [2.24, 2.45) is 10.2 Å². The summed E-state index contributed by atoms with van der Waals surface area (Å²) in [6, 6.07) is 19.9. The van der Waals surface area contributed by atoms with Gasteiger partial charge in [0.1, 0.15) is 17.0 Å². The number of nitrogens with one attached hydrogen (secondary N) is 1. The Morgan fingerprint density at radius 2 is 1.79 bits per heavy atom. The zero-order valence-electron chi connectivity index (χ0n) is 14.9. The molecule has 0 radical (unpaired) electrons. The van der Waals surface area contributed by atoms with Crippen LogP contribution in [0.25, 0.3) is 33.2 Å². The Kier molecular flexibility index (Phi) is 3.87. The molecule has 2 heterocycles. The van der Waals surface area contributed by atoms with Crippen LogP contribution in [-0.4, -0.2) is 15.1 Å². The lowest BCUT2D eigenvalue weighted by atomic mass is 10.1. The molecule has 5 aromatic rings. The standard InChI is InChI=1S/C21H13N5O3/c27-26(28)15-8-6-14(7-9-15)23-24-18-12-22-25-21(18)20-11-17-16-4-2-1-3-13(16)5-10-19(17)29-20/h1-12H,(H,22,25). The van der Waals surface area contributed by atoms with Crippen LogP contribution in [0.1, 0.15) is 0 Å². The number of benzene rings is 3. The third kappa shape index (κ3) is 3.02. The minimum Gasteiger partial charge on any atom is -0.454 e. The molecule has 8 heteroatoms. The molecule has 0 unspecified atom stereocenters. The van der Waals surface area contributed by atoms with Crippen molar-refractivity contribution in [3.8, 4) is 11.5 Å². The predicted molar refractivity (Wildman–Crippen MR) is 109 cm³/mol. The van der Waals surface area contributed by atoms with E-state index in [-0.39, 0.29) is 5.69 Å². The van der Waals surface area contributed by atoms with E-state index < -0.39 is 4.92 Å². The topological polar surface area (TPSA) is 110 Å². The second-order valence-electron chi connectivity index (χ2n) is 6.41. The number of hydrogen-bond acceptors (Lipinski definition) is 6. The molecule has 8 nitrogen and oxygen atoms in total. The molecule has 0 saturated heterocycles. The molecule has 140 valence electrons. The molecule has 5 rings (SSSR count). The number of H-pyrrole nitrogens is 1. The summed E-state index contributed by atoms with van der Waals surface area (Å²) in [5, 5.41) is 29.3. The molecule has 0 spiro atoms. The minimum atomic E-state index is -0.458. The van der Waals surface area contributed by atoms with Gasteiger partial charge in [0, 0.05) is 17.5 Å². The Hall–Kier alpha value is -4.33. The summed E-state index contributed by atoms with van der Waals surface area (Å²) in [7, 11) is 0. The van der Waals surface area contributed by atoms with Gasteiger partial charge in [0.25, 0.3) is 5.69 Å². The zero-order chi connectivity index (χ0) is 19.8. The van der Waals surface area contributed by atoms with Gasteiger partial charge in [-0.15, -0.1) is 5.11 Å². The summed E-state index contributed by atoms with van der Waals surface area (Å²) in [6.45, 7) is 0. The van der Waals surface area contributed by atoms with Gasteiger partial charge in [-0.2, -0.15) is 10.2 Å². The van der Waals surface area contributed by atoms with E-state index in [0.29, 0.717) is 22.8 Å². The number of nitrogens with zero attached hydrogens (tertiary/aromatic N) is 4. The van der Waals surface area contributed by atoms with E-state index >= 15 is 0 Å². The van der Waals surface area contributed by atoms with Crippen LogP contribution in [0.15, 0.2) is 87.6 Å². The molecule has 0 aliphatic heterocycles. The van der Waals surface area contributed by atoms with Crippen LogP contribution in [0.5, 0.6) is 0 Å². The summed E-state index contributed by atoms with van der Waals surface area (Å²) < 4.78 is 6.01. The van der Waals surface area contributed by atoms with Gasteiger partial charge >= 0.3 is 0 Å². The number of azo groups is 1. The van der Waals surface area contributed by atoms with Crippen molar-refractivity contribution in [3.05, 3.63) is 83.0 Å². The first-order valence-corrected chi connectivity index (χ1v) is 8.80. The molecule has 29 heavy (non-hydrogen) atoms. The number of furan rings is 1. The Balaban J connectivity index is 1.51. The number of fused-ring (bicyclic) bond motifs is 3. The average Bonchev–Trinajstić information content (AvgIpc) is 3.39. The van der Waals surface area contributed by atoms with Crippen LogP contribution in [0.2, 0.25) is 0 Å². The molecular weight excluding hydrogens is 370 g/mol. The van der Waals surface area contributed by atoms with Crippen LogP contribution >= 0.6 is 0 Å². The number of nitro benzene ring substituents is 1. The third-order valence-corrected chi connectivity index (χ3v) is 4.63. The van der Waals surface area contributed by atoms with Crippen molar-refractivity contribution < 1.29 is 9.34 Å². The second-order valence-corrected chi connectivity index (χ2v) is 6.41. The van der Waals surface area contributed by atoms with Crippen LogP contribution in [0, 0.1) is 10.1 Å². The Morgan fingerprint density at radius 1 is 0.966 bits per heavy atom.